The van der Waals surface area contributed by atoms with Crippen LogP contribution in [-0.4, -0.2) is 9.97 Å². The molecule has 0 bridgehead atoms. The minimum absolute atomic E-state index is 0.900. The van der Waals surface area contributed by atoms with E-state index in [0.717, 1.165) is 21.4 Å². The first-order valence-corrected chi connectivity index (χ1v) is 5.09. The van der Waals surface area contributed by atoms with Crippen LogP contribution >= 0.6 is 15.9 Å². The van der Waals surface area contributed by atoms with E-state index in [0.29, 0.717) is 0 Å². The van der Waals surface area contributed by atoms with Crippen molar-refractivity contribution in [1.82, 2.24) is 9.97 Å². The maximum absolute atomic E-state index is 4.31. The highest BCUT2D eigenvalue weighted by Gasteiger charge is 1.99. The van der Waals surface area contributed by atoms with Gasteiger partial charge in [-0.05, 0) is 19.1 Å². The molecular weight excluding hydrogens is 240 g/mol. The van der Waals surface area contributed by atoms with E-state index in [4.69, 9.17) is 0 Å². The molecule has 2 aromatic rings. The van der Waals surface area contributed by atoms with Crippen LogP contribution in [-0.2, 0) is 0 Å². The van der Waals surface area contributed by atoms with Crippen molar-refractivity contribution in [2.45, 2.75) is 6.92 Å². The highest BCUT2D eigenvalue weighted by molar-refractivity contribution is 9.10. The van der Waals surface area contributed by atoms with Gasteiger partial charge in [0.05, 0.1) is 17.6 Å². The summed E-state index contributed by atoms with van der Waals surface area (Å²) in [6.07, 6.45) is 3.56. The molecule has 0 atom stereocenters. The van der Waals surface area contributed by atoms with Gasteiger partial charge in [0.1, 0.15) is 0 Å². The van der Waals surface area contributed by atoms with Crippen molar-refractivity contribution in [1.29, 1.82) is 0 Å². The molecule has 70 valence electrons. The first kappa shape index (κ1) is 9.34. The lowest BCUT2D eigenvalue weighted by Gasteiger charge is -2.00. The summed E-state index contributed by atoms with van der Waals surface area (Å²) in [5.41, 5.74) is 2.91. The van der Waals surface area contributed by atoms with Crippen LogP contribution < -0.4 is 0 Å². The van der Waals surface area contributed by atoms with Crippen LogP contribution in [0.1, 0.15) is 5.69 Å². The van der Waals surface area contributed by atoms with Gasteiger partial charge in [0, 0.05) is 16.2 Å². The van der Waals surface area contributed by atoms with E-state index in [1.54, 1.807) is 12.4 Å². The number of hydrogen-bond donors (Lipinski definition) is 0. The van der Waals surface area contributed by atoms with Gasteiger partial charge in [0.25, 0.3) is 0 Å². The van der Waals surface area contributed by atoms with Crippen molar-refractivity contribution < 1.29 is 0 Å². The molecule has 0 N–H and O–H groups in total. The Bertz CT molecular complexity index is 437. The number of rotatable bonds is 1. The van der Waals surface area contributed by atoms with Crippen molar-refractivity contribution in [3.05, 3.63) is 46.8 Å². The largest absolute Gasteiger partial charge is 0.258 e. The fourth-order valence-electron chi connectivity index (χ4n) is 1.19. The molecule has 0 amide bonds. The number of benzene rings is 1. The van der Waals surface area contributed by atoms with Crippen LogP contribution in [0.4, 0.5) is 0 Å². The molecule has 0 aliphatic rings. The summed E-state index contributed by atoms with van der Waals surface area (Å²) in [6, 6.07) is 8.02. The third-order valence-corrected chi connectivity index (χ3v) is 2.39. The van der Waals surface area contributed by atoms with Crippen LogP contribution in [0.25, 0.3) is 11.3 Å². The Labute approximate surface area is 91.2 Å². The van der Waals surface area contributed by atoms with Gasteiger partial charge in [-0.3, -0.25) is 9.97 Å². The maximum atomic E-state index is 4.31. The van der Waals surface area contributed by atoms with Crippen LogP contribution in [0.5, 0.6) is 0 Å². The van der Waals surface area contributed by atoms with Gasteiger partial charge in [-0.15, -0.1) is 0 Å². The molecule has 1 heterocycles. The summed E-state index contributed by atoms with van der Waals surface area (Å²) >= 11 is 3.43. The van der Waals surface area contributed by atoms with Crippen molar-refractivity contribution in [3.8, 4) is 11.3 Å². The number of halogens is 1. The second-order valence-electron chi connectivity index (χ2n) is 3.05. The lowest BCUT2D eigenvalue weighted by Crippen LogP contribution is -1.87. The summed E-state index contributed by atoms with van der Waals surface area (Å²) < 4.78 is 1.05. The zero-order valence-electron chi connectivity index (χ0n) is 7.74. The van der Waals surface area contributed by atoms with E-state index in [2.05, 4.69) is 25.9 Å². The Hall–Kier alpha value is -1.22. The molecule has 0 aliphatic carbocycles. The number of aromatic nitrogens is 2. The van der Waals surface area contributed by atoms with Crippen molar-refractivity contribution in [2.75, 3.05) is 0 Å². The molecule has 1 aromatic carbocycles. The Morgan fingerprint density at radius 1 is 1.14 bits per heavy atom. The first-order valence-electron chi connectivity index (χ1n) is 4.30. The highest BCUT2D eigenvalue weighted by Crippen LogP contribution is 2.20. The van der Waals surface area contributed by atoms with Gasteiger partial charge in [0.15, 0.2) is 0 Å². The average molecular weight is 249 g/mol. The summed E-state index contributed by atoms with van der Waals surface area (Å²) in [4.78, 5) is 8.51. The van der Waals surface area contributed by atoms with E-state index in [1.165, 1.54) is 0 Å². The van der Waals surface area contributed by atoms with E-state index in [1.807, 2.05) is 31.2 Å². The lowest BCUT2D eigenvalue weighted by atomic mass is 10.2. The molecule has 0 saturated heterocycles. The zero-order valence-corrected chi connectivity index (χ0v) is 9.32. The van der Waals surface area contributed by atoms with E-state index >= 15 is 0 Å². The van der Waals surface area contributed by atoms with Gasteiger partial charge in [0.2, 0.25) is 0 Å². The van der Waals surface area contributed by atoms with Crippen molar-refractivity contribution in [3.63, 3.8) is 0 Å². The minimum atomic E-state index is 0.900. The van der Waals surface area contributed by atoms with Gasteiger partial charge >= 0.3 is 0 Å². The van der Waals surface area contributed by atoms with Crippen LogP contribution in [0.15, 0.2) is 41.1 Å². The zero-order chi connectivity index (χ0) is 9.97. The van der Waals surface area contributed by atoms with Gasteiger partial charge in [-0.25, -0.2) is 0 Å². The Morgan fingerprint density at radius 2 is 2.00 bits per heavy atom. The standard InChI is InChI=1S/C11H9BrN2/c1-8-6-14-11(7-13-8)9-3-2-4-10(12)5-9/h2-7H,1H3. The minimum Gasteiger partial charge on any atom is -0.258 e. The molecule has 2 rings (SSSR count). The van der Waals surface area contributed by atoms with E-state index < -0.39 is 0 Å². The first-order chi connectivity index (χ1) is 6.75. The van der Waals surface area contributed by atoms with Gasteiger partial charge in [-0.2, -0.15) is 0 Å². The normalized spacial score (nSPS) is 10.1. The maximum Gasteiger partial charge on any atom is 0.0885 e. The lowest BCUT2D eigenvalue weighted by molar-refractivity contribution is 1.12. The third kappa shape index (κ3) is 1.99. The Morgan fingerprint density at radius 3 is 2.64 bits per heavy atom. The highest BCUT2D eigenvalue weighted by atomic mass is 79.9. The summed E-state index contributed by atoms with van der Waals surface area (Å²) in [5.74, 6) is 0. The Kier molecular flexibility index (Phi) is 2.59. The molecule has 0 unspecified atom stereocenters. The number of hydrogen-bond acceptors (Lipinski definition) is 2. The summed E-state index contributed by atoms with van der Waals surface area (Å²) in [7, 11) is 0. The summed E-state index contributed by atoms with van der Waals surface area (Å²) in [6.45, 7) is 1.93. The second kappa shape index (κ2) is 3.88. The van der Waals surface area contributed by atoms with E-state index in [-0.39, 0.29) is 0 Å². The molecule has 3 heteroatoms. The molecular formula is C11H9BrN2. The van der Waals surface area contributed by atoms with Crippen molar-refractivity contribution >= 4 is 15.9 Å². The number of nitrogens with zero attached hydrogens (tertiary/aromatic N) is 2. The molecule has 14 heavy (non-hydrogen) atoms. The molecule has 1 aromatic heterocycles. The van der Waals surface area contributed by atoms with Crippen molar-refractivity contribution in [2.24, 2.45) is 0 Å². The SMILES string of the molecule is Cc1cnc(-c2cccc(Br)c2)cn1. The molecule has 2 nitrogen and oxygen atoms in total. The average Bonchev–Trinajstić information content (AvgIpc) is 2.19. The molecule has 0 spiro atoms. The predicted molar refractivity (Wildman–Crippen MR) is 59.9 cm³/mol. The number of aryl methyl sites for hydroxylation is 1. The van der Waals surface area contributed by atoms with Crippen LogP contribution in [0.2, 0.25) is 0 Å². The second-order valence-corrected chi connectivity index (χ2v) is 3.97. The quantitative estimate of drug-likeness (QED) is 0.775. The topological polar surface area (TPSA) is 25.8 Å². The fourth-order valence-corrected chi connectivity index (χ4v) is 1.59. The third-order valence-electron chi connectivity index (χ3n) is 1.90. The molecule has 0 fully saturated rings. The van der Waals surface area contributed by atoms with Gasteiger partial charge < -0.3 is 0 Å². The van der Waals surface area contributed by atoms with Crippen LogP contribution in [0, 0.1) is 6.92 Å². The summed E-state index contributed by atoms with van der Waals surface area (Å²) in [5, 5.41) is 0. The van der Waals surface area contributed by atoms with Gasteiger partial charge in [-0.1, -0.05) is 28.1 Å². The fraction of sp³-hybridized carbons (Fsp3) is 0.0909. The Balaban J connectivity index is 2.44. The smallest absolute Gasteiger partial charge is 0.0885 e. The molecule has 0 aliphatic heterocycles. The van der Waals surface area contributed by atoms with E-state index in [9.17, 15) is 0 Å². The molecule has 0 radical (unpaired) electrons. The monoisotopic (exact) mass is 248 g/mol. The predicted octanol–water partition coefficient (Wildman–Crippen LogP) is 3.21. The van der Waals surface area contributed by atoms with Crippen LogP contribution in [0.3, 0.4) is 0 Å². The molecule has 0 saturated carbocycles.